The molecule has 0 aromatic carbocycles. The average molecular weight is 310 g/mol. The van der Waals surface area contributed by atoms with Crippen molar-refractivity contribution in [3.05, 3.63) is 22.5 Å². The molecular formula is C15H26N4O3. The van der Waals surface area contributed by atoms with Crippen molar-refractivity contribution in [1.29, 1.82) is 0 Å². The van der Waals surface area contributed by atoms with Crippen LogP contribution in [0.25, 0.3) is 0 Å². The quantitative estimate of drug-likeness (QED) is 0.643. The fourth-order valence-corrected chi connectivity index (χ4v) is 3.18. The Bertz CT molecular complexity index is 469. The monoisotopic (exact) mass is 310 g/mol. The van der Waals surface area contributed by atoms with Crippen LogP contribution in [0.5, 0.6) is 0 Å². The lowest BCUT2D eigenvalue weighted by molar-refractivity contribution is -0.385. The van der Waals surface area contributed by atoms with Gasteiger partial charge in [0.2, 0.25) is 0 Å². The molecule has 22 heavy (non-hydrogen) atoms. The minimum atomic E-state index is -0.574. The number of likely N-dealkylation sites (N-methyl/N-ethyl adjacent to an activating group) is 1. The second kappa shape index (κ2) is 8.24. The number of aliphatic hydroxyl groups excluding tert-OH is 1. The second-order valence-corrected chi connectivity index (χ2v) is 6.27. The fourth-order valence-electron chi connectivity index (χ4n) is 3.18. The van der Waals surface area contributed by atoms with E-state index in [0.717, 1.165) is 0 Å². The normalized spacial score (nSPS) is 18.9. The van der Waals surface area contributed by atoms with Crippen LogP contribution in [0.15, 0.2) is 12.4 Å². The Morgan fingerprint density at radius 1 is 1.41 bits per heavy atom. The summed E-state index contributed by atoms with van der Waals surface area (Å²) in [7, 11) is 2.06. The molecular weight excluding hydrogens is 284 g/mol. The SMILES string of the molecule is CN(CC(O)Cn1cc([N+](=O)[O-])cn1)C1CCCCCCC1. The molecule has 2 rings (SSSR count). The first-order valence-corrected chi connectivity index (χ1v) is 8.11. The van der Waals surface area contributed by atoms with Gasteiger partial charge in [0, 0.05) is 12.6 Å². The molecule has 1 aromatic rings. The summed E-state index contributed by atoms with van der Waals surface area (Å²) in [6.07, 6.45) is 10.9. The smallest absolute Gasteiger partial charge is 0.306 e. The van der Waals surface area contributed by atoms with Crippen LogP contribution in [0.4, 0.5) is 5.69 Å². The van der Waals surface area contributed by atoms with E-state index in [9.17, 15) is 15.2 Å². The highest BCUT2D eigenvalue weighted by atomic mass is 16.6. The first kappa shape index (κ1) is 16.9. The second-order valence-electron chi connectivity index (χ2n) is 6.27. The van der Waals surface area contributed by atoms with Gasteiger partial charge in [0.25, 0.3) is 0 Å². The molecule has 0 amide bonds. The lowest BCUT2D eigenvalue weighted by Gasteiger charge is -2.31. The number of hydrogen-bond acceptors (Lipinski definition) is 5. The Hall–Kier alpha value is -1.47. The Labute approximate surface area is 131 Å². The number of nitrogens with zero attached hydrogens (tertiary/aromatic N) is 4. The third-order valence-corrected chi connectivity index (χ3v) is 4.43. The third-order valence-electron chi connectivity index (χ3n) is 4.43. The van der Waals surface area contributed by atoms with Crippen LogP contribution in [0.3, 0.4) is 0 Å². The Morgan fingerprint density at radius 2 is 2.05 bits per heavy atom. The van der Waals surface area contributed by atoms with Crippen LogP contribution in [-0.2, 0) is 6.54 Å². The molecule has 1 aliphatic rings. The van der Waals surface area contributed by atoms with E-state index in [1.165, 1.54) is 62.0 Å². The lowest BCUT2D eigenvalue weighted by Crippen LogP contribution is -2.39. The third kappa shape index (κ3) is 5.06. The summed E-state index contributed by atoms with van der Waals surface area (Å²) in [6.45, 7) is 0.850. The van der Waals surface area contributed by atoms with Gasteiger partial charge >= 0.3 is 5.69 Å². The zero-order chi connectivity index (χ0) is 15.9. The Balaban J connectivity index is 1.81. The standard InChI is InChI=1S/C15H26N4O3/c1-17(13-7-5-3-2-4-6-8-13)11-15(20)12-18-10-14(9-16-18)19(21)22/h9-10,13,15,20H,2-8,11-12H2,1H3. The molecule has 0 saturated heterocycles. The molecule has 1 heterocycles. The number of aromatic nitrogens is 2. The lowest BCUT2D eigenvalue weighted by atomic mass is 9.95. The molecule has 1 aliphatic carbocycles. The van der Waals surface area contributed by atoms with Crippen LogP contribution in [0.1, 0.15) is 44.9 Å². The fraction of sp³-hybridized carbons (Fsp3) is 0.800. The Morgan fingerprint density at radius 3 is 2.64 bits per heavy atom. The molecule has 1 aromatic heterocycles. The highest BCUT2D eigenvalue weighted by Gasteiger charge is 2.19. The van der Waals surface area contributed by atoms with Crippen molar-refractivity contribution in [2.45, 2.75) is 63.6 Å². The van der Waals surface area contributed by atoms with Gasteiger partial charge in [0.05, 0.1) is 17.6 Å². The number of aliphatic hydroxyl groups is 1. The van der Waals surface area contributed by atoms with Crippen molar-refractivity contribution in [3.63, 3.8) is 0 Å². The minimum absolute atomic E-state index is 0.0411. The van der Waals surface area contributed by atoms with E-state index in [-0.39, 0.29) is 12.2 Å². The number of hydrogen-bond donors (Lipinski definition) is 1. The van der Waals surface area contributed by atoms with Gasteiger partial charge in [-0.05, 0) is 19.9 Å². The number of nitro groups is 1. The molecule has 124 valence electrons. The average Bonchev–Trinajstić information content (AvgIpc) is 2.86. The van der Waals surface area contributed by atoms with Gasteiger partial charge in [-0.3, -0.25) is 14.8 Å². The largest absolute Gasteiger partial charge is 0.390 e. The van der Waals surface area contributed by atoms with Crippen LogP contribution in [0.2, 0.25) is 0 Å². The van der Waals surface area contributed by atoms with E-state index in [0.29, 0.717) is 12.6 Å². The van der Waals surface area contributed by atoms with Crippen LogP contribution < -0.4 is 0 Å². The van der Waals surface area contributed by atoms with E-state index in [4.69, 9.17) is 0 Å². The maximum Gasteiger partial charge on any atom is 0.306 e. The molecule has 0 spiro atoms. The van der Waals surface area contributed by atoms with Crippen LogP contribution >= 0.6 is 0 Å². The van der Waals surface area contributed by atoms with Gasteiger partial charge in [-0.2, -0.15) is 5.10 Å². The highest BCUT2D eigenvalue weighted by molar-refractivity contribution is 5.20. The van der Waals surface area contributed by atoms with Gasteiger partial charge in [0.1, 0.15) is 12.4 Å². The molecule has 0 bridgehead atoms. The summed E-state index contributed by atoms with van der Waals surface area (Å²) in [5, 5.41) is 24.8. The molecule has 1 atom stereocenters. The zero-order valence-corrected chi connectivity index (χ0v) is 13.2. The summed E-state index contributed by atoms with van der Waals surface area (Å²) in [6, 6.07) is 0.530. The first-order valence-electron chi connectivity index (χ1n) is 8.11. The van der Waals surface area contributed by atoms with E-state index < -0.39 is 11.0 Å². The Kier molecular flexibility index (Phi) is 6.33. The van der Waals surface area contributed by atoms with Crippen molar-refractivity contribution in [3.8, 4) is 0 Å². The predicted octanol–water partition coefficient (Wildman–Crippen LogP) is 2.20. The van der Waals surface area contributed by atoms with Crippen molar-refractivity contribution < 1.29 is 10.0 Å². The number of rotatable bonds is 6. The van der Waals surface area contributed by atoms with Crippen molar-refractivity contribution >= 4 is 5.69 Å². The molecule has 7 nitrogen and oxygen atoms in total. The summed E-state index contributed by atoms with van der Waals surface area (Å²) in [5.41, 5.74) is -0.0411. The predicted molar refractivity (Wildman–Crippen MR) is 83.6 cm³/mol. The van der Waals surface area contributed by atoms with Crippen molar-refractivity contribution in [1.82, 2.24) is 14.7 Å². The van der Waals surface area contributed by atoms with E-state index in [1.807, 2.05) is 0 Å². The molecule has 0 aliphatic heterocycles. The highest BCUT2D eigenvalue weighted by Crippen LogP contribution is 2.20. The van der Waals surface area contributed by atoms with Crippen LogP contribution in [0, 0.1) is 10.1 Å². The van der Waals surface area contributed by atoms with Crippen molar-refractivity contribution in [2.75, 3.05) is 13.6 Å². The van der Waals surface area contributed by atoms with E-state index in [1.54, 1.807) is 0 Å². The molecule has 1 N–H and O–H groups in total. The van der Waals surface area contributed by atoms with Crippen molar-refractivity contribution in [2.24, 2.45) is 0 Å². The minimum Gasteiger partial charge on any atom is -0.390 e. The summed E-state index contributed by atoms with van der Waals surface area (Å²) in [5.74, 6) is 0. The molecule has 1 unspecified atom stereocenters. The van der Waals surface area contributed by atoms with Gasteiger partial charge in [0.15, 0.2) is 0 Å². The zero-order valence-electron chi connectivity index (χ0n) is 13.2. The van der Waals surface area contributed by atoms with E-state index in [2.05, 4.69) is 17.0 Å². The van der Waals surface area contributed by atoms with Gasteiger partial charge in [-0.15, -0.1) is 0 Å². The van der Waals surface area contributed by atoms with Gasteiger partial charge in [-0.25, -0.2) is 0 Å². The van der Waals surface area contributed by atoms with E-state index >= 15 is 0 Å². The maximum atomic E-state index is 10.6. The molecule has 7 heteroatoms. The maximum absolute atomic E-state index is 10.6. The molecule has 1 fully saturated rings. The topological polar surface area (TPSA) is 84.4 Å². The van der Waals surface area contributed by atoms with Crippen LogP contribution in [-0.4, -0.2) is 50.4 Å². The molecule has 1 saturated carbocycles. The summed E-state index contributed by atoms with van der Waals surface area (Å²) < 4.78 is 1.44. The molecule has 0 radical (unpaired) electrons. The first-order chi connectivity index (χ1) is 10.6. The van der Waals surface area contributed by atoms with Gasteiger partial charge < -0.3 is 10.0 Å². The summed E-state index contributed by atoms with van der Waals surface area (Å²) >= 11 is 0. The van der Waals surface area contributed by atoms with Gasteiger partial charge in [-0.1, -0.05) is 32.1 Å². The summed E-state index contributed by atoms with van der Waals surface area (Å²) in [4.78, 5) is 12.4.